The molecule has 5 atom stereocenters. The maximum atomic E-state index is 11.4. The van der Waals surface area contributed by atoms with E-state index >= 15 is 0 Å². The van der Waals surface area contributed by atoms with Crippen LogP contribution in [0.1, 0.15) is 13.2 Å². The number of imidazole rings is 1. The average molecular weight is 405 g/mol. The SMILES string of the molecule is COC(C)O[C@@H]1[C@H](OP(=O)(O)O)[C@@H](CO)O[C@H]1n1cnc2c(N)ncnc21. The first-order chi connectivity index (χ1) is 12.7. The first kappa shape index (κ1) is 20.0. The molecule has 3 rings (SSSR count). The number of aliphatic hydroxyl groups excluding tert-OH is 1. The highest BCUT2D eigenvalue weighted by Crippen LogP contribution is 2.45. The number of rotatable bonds is 7. The van der Waals surface area contributed by atoms with Crippen molar-refractivity contribution >= 4 is 24.8 Å². The van der Waals surface area contributed by atoms with Gasteiger partial charge in [0.25, 0.3) is 0 Å². The third-order valence-corrected chi connectivity index (χ3v) is 4.58. The molecule has 0 amide bonds. The highest BCUT2D eigenvalue weighted by atomic mass is 31.2. The number of hydrogen-bond acceptors (Lipinski definition) is 10. The lowest BCUT2D eigenvalue weighted by Gasteiger charge is -2.27. The third-order valence-electron chi connectivity index (χ3n) is 4.07. The molecule has 2 aromatic rings. The maximum absolute atomic E-state index is 11.4. The normalized spacial score (nSPS) is 27.3. The number of methoxy groups -OCH3 is 1. The fourth-order valence-corrected chi connectivity index (χ4v) is 3.42. The van der Waals surface area contributed by atoms with Crippen molar-refractivity contribution in [1.29, 1.82) is 0 Å². The van der Waals surface area contributed by atoms with Crippen molar-refractivity contribution < 1.29 is 38.2 Å². The molecule has 13 nitrogen and oxygen atoms in total. The van der Waals surface area contributed by atoms with Crippen LogP contribution in [0.15, 0.2) is 12.7 Å². The second kappa shape index (κ2) is 7.73. The van der Waals surface area contributed by atoms with Gasteiger partial charge in [-0.1, -0.05) is 0 Å². The summed E-state index contributed by atoms with van der Waals surface area (Å²) in [5.41, 5.74) is 6.42. The lowest BCUT2D eigenvalue weighted by molar-refractivity contribution is -0.180. The number of hydrogen-bond donors (Lipinski definition) is 4. The Labute approximate surface area is 153 Å². The number of phosphoric acid groups is 1. The molecule has 3 heterocycles. The molecule has 0 radical (unpaired) electrons. The molecular formula is C13H20N5O8P. The number of aromatic nitrogens is 4. The van der Waals surface area contributed by atoms with Gasteiger partial charge in [-0.25, -0.2) is 19.5 Å². The molecule has 1 aliphatic rings. The standard InChI is InChI=1S/C13H20N5O8P/c1-6(23-2)24-10-9(26-27(20,21)22)7(3-19)25-13(10)18-5-17-8-11(14)15-4-16-12(8)18/h4-7,9-10,13,19H,3H2,1-2H3,(H2,14,15,16)(H2,20,21,22)/t6?,7-,9-,10-,13-/m1/s1. The van der Waals surface area contributed by atoms with Crippen LogP contribution in [0.4, 0.5) is 5.82 Å². The summed E-state index contributed by atoms with van der Waals surface area (Å²) in [4.78, 5) is 30.6. The van der Waals surface area contributed by atoms with Gasteiger partial charge in [0.2, 0.25) is 0 Å². The summed E-state index contributed by atoms with van der Waals surface area (Å²) in [5.74, 6) is 0.154. The summed E-state index contributed by atoms with van der Waals surface area (Å²) in [7, 11) is -3.50. The Morgan fingerprint density at radius 1 is 1.37 bits per heavy atom. The van der Waals surface area contributed by atoms with Gasteiger partial charge in [0, 0.05) is 7.11 Å². The number of ether oxygens (including phenoxy) is 3. The number of nitrogen functional groups attached to an aromatic ring is 1. The Hall–Kier alpha value is -1.70. The van der Waals surface area contributed by atoms with E-state index in [1.54, 1.807) is 6.92 Å². The molecule has 0 aliphatic carbocycles. The molecule has 1 unspecified atom stereocenters. The monoisotopic (exact) mass is 405 g/mol. The molecular weight excluding hydrogens is 385 g/mol. The number of aliphatic hydroxyl groups is 1. The summed E-state index contributed by atoms with van der Waals surface area (Å²) in [5, 5.41) is 9.60. The molecule has 0 saturated carbocycles. The van der Waals surface area contributed by atoms with E-state index in [0.717, 1.165) is 0 Å². The van der Waals surface area contributed by atoms with Crippen molar-refractivity contribution in [3.05, 3.63) is 12.7 Å². The Morgan fingerprint density at radius 2 is 2.11 bits per heavy atom. The fourth-order valence-electron chi connectivity index (χ4n) is 2.84. The van der Waals surface area contributed by atoms with Gasteiger partial charge in [-0.15, -0.1) is 0 Å². The first-order valence-electron chi connectivity index (χ1n) is 7.86. The van der Waals surface area contributed by atoms with Crippen LogP contribution in [0.5, 0.6) is 0 Å². The number of fused-ring (bicyclic) bond motifs is 1. The van der Waals surface area contributed by atoms with E-state index in [2.05, 4.69) is 15.0 Å². The zero-order valence-electron chi connectivity index (χ0n) is 14.4. The molecule has 0 bridgehead atoms. The summed E-state index contributed by atoms with van der Waals surface area (Å²) >= 11 is 0. The summed E-state index contributed by atoms with van der Waals surface area (Å²) in [6, 6.07) is 0. The Bertz CT molecular complexity index is 843. The summed E-state index contributed by atoms with van der Waals surface area (Å²) in [6.07, 6.45) is -2.53. The van der Waals surface area contributed by atoms with Crippen LogP contribution >= 0.6 is 7.82 Å². The Morgan fingerprint density at radius 3 is 2.74 bits per heavy atom. The molecule has 1 saturated heterocycles. The molecule has 0 aromatic carbocycles. The zero-order valence-corrected chi connectivity index (χ0v) is 15.3. The third kappa shape index (κ3) is 4.10. The molecule has 1 aliphatic heterocycles. The molecule has 14 heteroatoms. The second-order valence-electron chi connectivity index (χ2n) is 5.80. The highest BCUT2D eigenvalue weighted by Gasteiger charge is 2.50. The van der Waals surface area contributed by atoms with Crippen LogP contribution in [-0.2, 0) is 23.3 Å². The smallest absolute Gasteiger partial charge is 0.394 e. The largest absolute Gasteiger partial charge is 0.470 e. The van der Waals surface area contributed by atoms with Gasteiger partial charge in [-0.2, -0.15) is 0 Å². The lowest BCUT2D eigenvalue weighted by Crippen LogP contribution is -2.39. The molecule has 150 valence electrons. The fraction of sp³-hybridized carbons (Fsp3) is 0.615. The van der Waals surface area contributed by atoms with Crippen LogP contribution in [0.2, 0.25) is 0 Å². The number of anilines is 1. The van der Waals surface area contributed by atoms with E-state index in [-0.39, 0.29) is 5.82 Å². The van der Waals surface area contributed by atoms with Crippen LogP contribution in [0.3, 0.4) is 0 Å². The van der Waals surface area contributed by atoms with E-state index in [1.165, 1.54) is 24.3 Å². The second-order valence-corrected chi connectivity index (χ2v) is 6.99. The maximum Gasteiger partial charge on any atom is 0.470 e. The van der Waals surface area contributed by atoms with Gasteiger partial charge >= 0.3 is 7.82 Å². The molecule has 27 heavy (non-hydrogen) atoms. The average Bonchev–Trinajstić information content (AvgIpc) is 3.16. The molecule has 0 spiro atoms. The van der Waals surface area contributed by atoms with Gasteiger partial charge < -0.3 is 34.8 Å². The Balaban J connectivity index is 2.03. The summed E-state index contributed by atoms with van der Waals surface area (Å²) in [6.45, 7) is 1.02. The van der Waals surface area contributed by atoms with Crippen molar-refractivity contribution in [2.75, 3.05) is 19.5 Å². The van der Waals surface area contributed by atoms with E-state index < -0.39 is 45.3 Å². The number of nitrogens with zero attached hydrogens (tertiary/aromatic N) is 4. The minimum atomic E-state index is -4.90. The molecule has 2 aromatic heterocycles. The van der Waals surface area contributed by atoms with Crippen molar-refractivity contribution in [3.63, 3.8) is 0 Å². The van der Waals surface area contributed by atoms with E-state index in [0.29, 0.717) is 11.2 Å². The van der Waals surface area contributed by atoms with Crippen LogP contribution in [0, 0.1) is 0 Å². The van der Waals surface area contributed by atoms with Gasteiger partial charge in [0.05, 0.1) is 12.9 Å². The number of nitrogens with two attached hydrogens (primary N) is 1. The molecule has 5 N–H and O–H groups in total. The van der Waals surface area contributed by atoms with Crippen molar-refractivity contribution in [1.82, 2.24) is 19.5 Å². The van der Waals surface area contributed by atoms with Crippen molar-refractivity contribution in [2.45, 2.75) is 37.8 Å². The van der Waals surface area contributed by atoms with Gasteiger partial charge in [0.1, 0.15) is 30.2 Å². The molecule has 1 fully saturated rings. The van der Waals surface area contributed by atoms with Crippen LogP contribution < -0.4 is 5.73 Å². The quantitative estimate of drug-likeness (QED) is 0.331. The predicted molar refractivity (Wildman–Crippen MR) is 89.0 cm³/mol. The topological polar surface area (TPSA) is 184 Å². The van der Waals surface area contributed by atoms with Crippen molar-refractivity contribution in [3.8, 4) is 0 Å². The minimum absolute atomic E-state index is 0.154. The van der Waals surface area contributed by atoms with Gasteiger partial charge in [-0.3, -0.25) is 9.09 Å². The van der Waals surface area contributed by atoms with Crippen LogP contribution in [-0.4, -0.2) is 72.7 Å². The van der Waals surface area contributed by atoms with Gasteiger partial charge in [-0.05, 0) is 6.92 Å². The lowest BCUT2D eigenvalue weighted by atomic mass is 10.1. The number of phosphoric ester groups is 1. The summed E-state index contributed by atoms with van der Waals surface area (Å²) < 4.78 is 34.2. The zero-order chi connectivity index (χ0) is 19.8. The van der Waals surface area contributed by atoms with Gasteiger partial charge in [0.15, 0.2) is 24.0 Å². The van der Waals surface area contributed by atoms with Crippen LogP contribution in [0.25, 0.3) is 11.2 Å². The van der Waals surface area contributed by atoms with E-state index in [1.807, 2.05) is 0 Å². The van der Waals surface area contributed by atoms with E-state index in [9.17, 15) is 19.5 Å². The highest BCUT2D eigenvalue weighted by molar-refractivity contribution is 7.46. The minimum Gasteiger partial charge on any atom is -0.394 e. The predicted octanol–water partition coefficient (Wildman–Crippen LogP) is -0.846. The van der Waals surface area contributed by atoms with Crippen molar-refractivity contribution in [2.24, 2.45) is 0 Å². The first-order valence-corrected chi connectivity index (χ1v) is 9.39. The van der Waals surface area contributed by atoms with E-state index in [4.69, 9.17) is 24.5 Å². The Kier molecular flexibility index (Phi) is 5.74.